The molecule has 1 saturated heterocycles. The second kappa shape index (κ2) is 8.13. The molecule has 1 aromatic heterocycles. The first-order chi connectivity index (χ1) is 12.9. The number of carbonyl (C=O) groups excluding carboxylic acids is 1. The molecule has 6 heteroatoms. The lowest BCUT2D eigenvalue weighted by Gasteiger charge is -2.26. The van der Waals surface area contributed by atoms with Crippen LogP contribution in [-0.4, -0.2) is 47.3 Å². The lowest BCUT2D eigenvalue weighted by Crippen LogP contribution is -2.35. The molecule has 0 bridgehead atoms. The maximum Gasteiger partial charge on any atom is 0.223 e. The Bertz CT molecular complexity index is 784. The highest BCUT2D eigenvalue weighted by atomic mass is 16.5. The van der Waals surface area contributed by atoms with E-state index in [0.29, 0.717) is 12.5 Å². The third-order valence-electron chi connectivity index (χ3n) is 5.72. The van der Waals surface area contributed by atoms with Crippen LogP contribution in [0.5, 0.6) is 5.75 Å². The van der Waals surface area contributed by atoms with E-state index in [1.54, 1.807) is 7.11 Å². The Labute approximate surface area is 161 Å². The molecule has 3 atom stereocenters. The lowest BCUT2D eigenvalue weighted by molar-refractivity contribution is -0.127. The molecule has 1 amide bonds. The molecule has 0 unspecified atom stereocenters. The number of amides is 1. The number of nitrogens with one attached hydrogen (secondary N) is 1. The monoisotopic (exact) mass is 370 g/mol. The van der Waals surface area contributed by atoms with E-state index >= 15 is 0 Å². The van der Waals surface area contributed by atoms with Crippen LogP contribution in [0.4, 0.5) is 0 Å². The Morgan fingerprint density at radius 3 is 2.59 bits per heavy atom. The van der Waals surface area contributed by atoms with Gasteiger partial charge in [-0.05, 0) is 38.0 Å². The largest absolute Gasteiger partial charge is 0.497 e. The molecule has 1 aliphatic rings. The summed E-state index contributed by atoms with van der Waals surface area (Å²) in [4.78, 5) is 14.2. The molecule has 2 aromatic rings. The van der Waals surface area contributed by atoms with Crippen molar-refractivity contribution in [3.63, 3.8) is 0 Å². The zero-order valence-corrected chi connectivity index (χ0v) is 16.9. The number of methoxy groups -OCH3 is 1. The number of likely N-dealkylation sites (tertiary alicyclic amines) is 1. The molecule has 0 spiro atoms. The lowest BCUT2D eigenvalue weighted by atomic mass is 9.93. The zero-order chi connectivity index (χ0) is 19.6. The van der Waals surface area contributed by atoms with Crippen molar-refractivity contribution < 1.29 is 9.53 Å². The Kier molecular flexibility index (Phi) is 5.85. The van der Waals surface area contributed by atoms with Gasteiger partial charge in [0.25, 0.3) is 0 Å². The van der Waals surface area contributed by atoms with Crippen molar-refractivity contribution in [2.45, 2.75) is 38.8 Å². The standard InChI is InChI=1S/C21H30N4O2/c1-14(10-16-6-8-18(27-5)9-7-16)22-12-17-11-20(26)24(3)21(17)19-13-23-25(4)15(19)2/h6-9,13-14,17,21-22H,10-12H2,1-5H3/t14-,17-,21+/m0/s1. The van der Waals surface area contributed by atoms with Gasteiger partial charge in [-0.15, -0.1) is 0 Å². The Balaban J connectivity index is 1.62. The van der Waals surface area contributed by atoms with Crippen LogP contribution in [0.25, 0.3) is 0 Å². The summed E-state index contributed by atoms with van der Waals surface area (Å²) in [6.07, 6.45) is 3.43. The smallest absolute Gasteiger partial charge is 0.223 e. The van der Waals surface area contributed by atoms with Crippen molar-refractivity contribution in [3.8, 4) is 5.75 Å². The van der Waals surface area contributed by atoms with E-state index in [-0.39, 0.29) is 17.9 Å². The number of rotatable bonds is 7. The fourth-order valence-electron chi connectivity index (χ4n) is 3.94. The average molecular weight is 370 g/mol. The number of nitrogens with zero attached hydrogens (tertiary/aromatic N) is 3. The number of ether oxygens (including phenoxy) is 1. The minimum Gasteiger partial charge on any atom is -0.497 e. The molecule has 6 nitrogen and oxygen atoms in total. The summed E-state index contributed by atoms with van der Waals surface area (Å²) in [6, 6.07) is 8.61. The molecule has 1 aliphatic heterocycles. The summed E-state index contributed by atoms with van der Waals surface area (Å²) in [6.45, 7) is 5.07. The van der Waals surface area contributed by atoms with Crippen molar-refractivity contribution >= 4 is 5.91 Å². The summed E-state index contributed by atoms with van der Waals surface area (Å²) in [5.74, 6) is 1.34. The molecule has 1 aromatic carbocycles. The van der Waals surface area contributed by atoms with Gasteiger partial charge in [-0.25, -0.2) is 0 Å². The molecular weight excluding hydrogens is 340 g/mol. The Morgan fingerprint density at radius 2 is 2.00 bits per heavy atom. The van der Waals surface area contributed by atoms with Crippen LogP contribution in [-0.2, 0) is 18.3 Å². The predicted molar refractivity (Wildman–Crippen MR) is 106 cm³/mol. The van der Waals surface area contributed by atoms with Crippen molar-refractivity contribution in [2.24, 2.45) is 13.0 Å². The molecule has 2 heterocycles. The van der Waals surface area contributed by atoms with Gasteiger partial charge in [0, 0.05) is 50.3 Å². The van der Waals surface area contributed by atoms with E-state index in [1.165, 1.54) is 5.56 Å². The van der Waals surface area contributed by atoms with Crippen molar-refractivity contribution in [3.05, 3.63) is 47.3 Å². The van der Waals surface area contributed by atoms with Crippen molar-refractivity contribution in [2.75, 3.05) is 20.7 Å². The maximum absolute atomic E-state index is 12.3. The predicted octanol–water partition coefficient (Wildman–Crippen LogP) is 2.48. The van der Waals surface area contributed by atoms with Gasteiger partial charge in [-0.2, -0.15) is 5.10 Å². The highest BCUT2D eigenvalue weighted by molar-refractivity contribution is 5.79. The number of hydrogen-bond donors (Lipinski definition) is 1. The summed E-state index contributed by atoms with van der Waals surface area (Å²) >= 11 is 0. The minimum atomic E-state index is 0.0897. The van der Waals surface area contributed by atoms with E-state index in [2.05, 4.69) is 36.4 Å². The minimum absolute atomic E-state index is 0.0897. The number of hydrogen-bond acceptors (Lipinski definition) is 4. The van der Waals surface area contributed by atoms with Gasteiger partial charge in [-0.3, -0.25) is 9.48 Å². The topological polar surface area (TPSA) is 59.4 Å². The summed E-state index contributed by atoms with van der Waals surface area (Å²) in [5, 5.41) is 8.00. The van der Waals surface area contributed by atoms with E-state index in [9.17, 15) is 4.79 Å². The molecule has 27 heavy (non-hydrogen) atoms. The Hall–Kier alpha value is -2.34. The van der Waals surface area contributed by atoms with Crippen LogP contribution >= 0.6 is 0 Å². The molecule has 0 aliphatic carbocycles. The van der Waals surface area contributed by atoms with E-state index in [0.717, 1.165) is 30.0 Å². The van der Waals surface area contributed by atoms with Gasteiger partial charge in [-0.1, -0.05) is 12.1 Å². The van der Waals surface area contributed by atoms with Crippen molar-refractivity contribution in [1.29, 1.82) is 0 Å². The third-order valence-corrected chi connectivity index (χ3v) is 5.72. The van der Waals surface area contributed by atoms with Gasteiger partial charge in [0.1, 0.15) is 5.75 Å². The molecule has 3 rings (SSSR count). The van der Waals surface area contributed by atoms with Crippen LogP contribution in [0, 0.1) is 12.8 Å². The first-order valence-electron chi connectivity index (χ1n) is 9.51. The first kappa shape index (κ1) is 19.4. The quantitative estimate of drug-likeness (QED) is 0.813. The SMILES string of the molecule is COc1ccc(C[C@H](C)NC[C@@H]2CC(=O)N(C)[C@H]2c2cnn(C)c2C)cc1. The van der Waals surface area contributed by atoms with Crippen LogP contribution in [0.3, 0.4) is 0 Å². The van der Waals surface area contributed by atoms with Gasteiger partial charge >= 0.3 is 0 Å². The van der Waals surface area contributed by atoms with Crippen LogP contribution in [0.15, 0.2) is 30.5 Å². The van der Waals surface area contributed by atoms with Crippen LogP contribution < -0.4 is 10.1 Å². The molecule has 0 saturated carbocycles. The molecular formula is C21H30N4O2. The van der Waals surface area contributed by atoms with Gasteiger partial charge in [0.05, 0.1) is 19.3 Å². The first-order valence-corrected chi connectivity index (χ1v) is 9.51. The number of aryl methyl sites for hydroxylation is 1. The van der Waals surface area contributed by atoms with E-state index < -0.39 is 0 Å². The molecule has 1 N–H and O–H groups in total. The highest BCUT2D eigenvalue weighted by Gasteiger charge is 2.39. The second-order valence-corrected chi connectivity index (χ2v) is 7.58. The summed E-state index contributed by atoms with van der Waals surface area (Å²) in [7, 11) is 5.53. The highest BCUT2D eigenvalue weighted by Crippen LogP contribution is 2.37. The molecule has 0 radical (unpaired) electrons. The van der Waals surface area contributed by atoms with E-state index in [4.69, 9.17) is 4.74 Å². The Morgan fingerprint density at radius 1 is 1.30 bits per heavy atom. The zero-order valence-electron chi connectivity index (χ0n) is 16.9. The number of carbonyl (C=O) groups is 1. The van der Waals surface area contributed by atoms with Gasteiger partial charge in [0.15, 0.2) is 0 Å². The summed E-state index contributed by atoms with van der Waals surface area (Å²) < 4.78 is 7.09. The third kappa shape index (κ3) is 4.16. The van der Waals surface area contributed by atoms with Crippen LogP contribution in [0.2, 0.25) is 0 Å². The second-order valence-electron chi connectivity index (χ2n) is 7.58. The molecule has 1 fully saturated rings. The maximum atomic E-state index is 12.3. The number of benzene rings is 1. The van der Waals surface area contributed by atoms with Crippen molar-refractivity contribution in [1.82, 2.24) is 20.0 Å². The fourth-order valence-corrected chi connectivity index (χ4v) is 3.94. The van der Waals surface area contributed by atoms with Gasteiger partial charge < -0.3 is 15.0 Å². The fraction of sp³-hybridized carbons (Fsp3) is 0.524. The van der Waals surface area contributed by atoms with Crippen LogP contribution in [0.1, 0.15) is 36.2 Å². The number of aromatic nitrogens is 2. The molecule has 146 valence electrons. The van der Waals surface area contributed by atoms with E-state index in [1.807, 2.05) is 42.0 Å². The average Bonchev–Trinajstić information content (AvgIpc) is 3.13. The van der Waals surface area contributed by atoms with Gasteiger partial charge in [0.2, 0.25) is 5.91 Å². The summed E-state index contributed by atoms with van der Waals surface area (Å²) in [5.41, 5.74) is 3.55. The normalized spacial score (nSPS) is 20.9.